The van der Waals surface area contributed by atoms with Gasteiger partial charge < -0.3 is 4.57 Å². The van der Waals surface area contributed by atoms with Crippen molar-refractivity contribution in [1.29, 1.82) is 0 Å². The Morgan fingerprint density at radius 2 is 0.733 bits per heavy atom. The van der Waals surface area contributed by atoms with E-state index in [1.807, 2.05) is 36.4 Å². The van der Waals surface area contributed by atoms with Gasteiger partial charge in [0.15, 0.2) is 17.5 Å². The molecular formula is C70H43BN4. The summed E-state index contributed by atoms with van der Waals surface area (Å²) in [6.07, 6.45) is 0. The predicted molar refractivity (Wildman–Crippen MR) is 309 cm³/mol. The molecular weight excluding hydrogens is 908 g/mol. The molecule has 16 rings (SSSR count). The highest BCUT2D eigenvalue weighted by atomic mass is 15.0. The van der Waals surface area contributed by atoms with Crippen LogP contribution < -0.4 is 16.4 Å². The molecule has 1 spiro atoms. The lowest BCUT2D eigenvalue weighted by Crippen LogP contribution is -2.59. The van der Waals surface area contributed by atoms with E-state index in [1.54, 1.807) is 0 Å². The fraction of sp³-hybridized carbons (Fsp3) is 0.0143. The summed E-state index contributed by atoms with van der Waals surface area (Å²) in [5, 5.41) is 2.53. The minimum Gasteiger partial charge on any atom is -0.309 e. The summed E-state index contributed by atoms with van der Waals surface area (Å²) >= 11 is 0. The van der Waals surface area contributed by atoms with E-state index in [9.17, 15) is 0 Å². The van der Waals surface area contributed by atoms with E-state index in [2.05, 4.69) is 229 Å². The third-order valence-electron chi connectivity index (χ3n) is 16.4. The molecule has 1 aliphatic carbocycles. The highest BCUT2D eigenvalue weighted by molar-refractivity contribution is 7.00. The van der Waals surface area contributed by atoms with Crippen molar-refractivity contribution < 1.29 is 0 Å². The summed E-state index contributed by atoms with van der Waals surface area (Å²) in [7, 11) is 0. The third-order valence-corrected chi connectivity index (χ3v) is 16.4. The highest BCUT2D eigenvalue weighted by Crippen LogP contribution is 2.58. The average Bonchev–Trinajstić information content (AvgIpc) is 4.31. The zero-order valence-electron chi connectivity index (χ0n) is 40.7. The van der Waals surface area contributed by atoms with Crippen molar-refractivity contribution in [1.82, 2.24) is 19.5 Å². The van der Waals surface area contributed by atoms with Crippen LogP contribution in [0.2, 0.25) is 0 Å². The first-order valence-electron chi connectivity index (χ1n) is 25.9. The second-order valence-corrected chi connectivity index (χ2v) is 20.2. The van der Waals surface area contributed by atoms with Gasteiger partial charge in [0.1, 0.15) is 0 Å². The Morgan fingerprint density at radius 3 is 1.33 bits per heavy atom. The van der Waals surface area contributed by atoms with E-state index in [0.717, 1.165) is 33.5 Å². The van der Waals surface area contributed by atoms with Crippen LogP contribution in [-0.2, 0) is 5.41 Å². The molecule has 13 aromatic rings. The molecule has 11 aromatic carbocycles. The van der Waals surface area contributed by atoms with Gasteiger partial charge in [0.05, 0.1) is 16.4 Å². The standard InChI is InChI=1S/C70H43BN4/c1-3-16-46(17-4-1)67-72-68(47-18-5-2-6-19-47)74-69(73-67)48-32-30-44(31-33-48)49-36-40-52-53-41-37-50(45-34-38-51(39-35-45)75-64-28-13-8-21-55(64)56-22-9-14-29-65(56)75)43-61(53)70(60(52)42-49)58-24-10-12-27-63(58)71-62-26-11-7-20-54(62)57-23-15-25-59(70)66(57)71/h1-43H. The molecule has 0 fully saturated rings. The first-order valence-corrected chi connectivity index (χ1v) is 25.9. The van der Waals surface area contributed by atoms with Crippen LogP contribution in [0.3, 0.4) is 0 Å². The van der Waals surface area contributed by atoms with Crippen molar-refractivity contribution in [3.05, 3.63) is 283 Å². The Hall–Kier alpha value is -9.71. The van der Waals surface area contributed by atoms with Crippen LogP contribution in [0.5, 0.6) is 0 Å². The second-order valence-electron chi connectivity index (χ2n) is 20.2. The van der Waals surface area contributed by atoms with Crippen LogP contribution in [0.1, 0.15) is 22.3 Å². The van der Waals surface area contributed by atoms with Gasteiger partial charge >= 0.3 is 0 Å². The first kappa shape index (κ1) is 41.9. The van der Waals surface area contributed by atoms with Crippen LogP contribution in [0.4, 0.5) is 0 Å². The fourth-order valence-corrected chi connectivity index (χ4v) is 13.2. The van der Waals surface area contributed by atoms with E-state index < -0.39 is 5.41 Å². The van der Waals surface area contributed by atoms with Crippen LogP contribution in [0.25, 0.3) is 106 Å². The second kappa shape index (κ2) is 16.1. The van der Waals surface area contributed by atoms with Crippen LogP contribution in [-0.4, -0.2) is 26.2 Å². The minimum atomic E-state index is -0.591. The van der Waals surface area contributed by atoms with Crippen molar-refractivity contribution >= 4 is 44.9 Å². The largest absolute Gasteiger partial charge is 0.309 e. The quantitative estimate of drug-likeness (QED) is 0.156. The summed E-state index contributed by atoms with van der Waals surface area (Å²) in [6.45, 7) is 0.147. The summed E-state index contributed by atoms with van der Waals surface area (Å²) in [5.74, 6) is 1.94. The number of fused-ring (bicyclic) bond motifs is 15. The first-order chi connectivity index (χ1) is 37.2. The van der Waals surface area contributed by atoms with Gasteiger partial charge in [-0.1, -0.05) is 241 Å². The average molecular weight is 951 g/mol. The van der Waals surface area contributed by atoms with Gasteiger partial charge in [-0.15, -0.1) is 0 Å². The van der Waals surface area contributed by atoms with Crippen molar-refractivity contribution in [2.24, 2.45) is 0 Å². The Kier molecular flexibility index (Phi) is 9.01. The molecule has 0 N–H and O–H groups in total. The van der Waals surface area contributed by atoms with E-state index >= 15 is 0 Å². The molecule has 75 heavy (non-hydrogen) atoms. The molecule has 3 aliphatic rings. The maximum Gasteiger partial charge on any atom is 0.243 e. The lowest BCUT2D eigenvalue weighted by Gasteiger charge is -2.42. The van der Waals surface area contributed by atoms with Gasteiger partial charge in [0.25, 0.3) is 0 Å². The summed E-state index contributed by atoms with van der Waals surface area (Å²) < 4.78 is 2.40. The Balaban J connectivity index is 0.860. The number of rotatable bonds is 6. The number of aromatic nitrogens is 4. The van der Waals surface area contributed by atoms with Gasteiger partial charge in [0.2, 0.25) is 6.71 Å². The van der Waals surface area contributed by atoms with Gasteiger partial charge in [-0.25, -0.2) is 15.0 Å². The number of hydrogen-bond acceptors (Lipinski definition) is 3. The molecule has 0 bridgehead atoms. The fourth-order valence-electron chi connectivity index (χ4n) is 13.2. The molecule has 2 aliphatic heterocycles. The lowest BCUT2D eigenvalue weighted by atomic mass is 9.32. The van der Waals surface area contributed by atoms with E-state index in [1.165, 1.54) is 93.8 Å². The Bertz CT molecular complexity index is 4360. The number of para-hydroxylation sites is 2. The maximum absolute atomic E-state index is 5.05. The molecule has 346 valence electrons. The SMILES string of the molecule is c1ccc(-c2nc(-c3ccccc3)nc(-c3ccc(-c4ccc5c(c4)C4(c6ccccc6B6c7ccccc7-c7cccc4c76)c4cc(-c6ccc(-n7c8ccccc8c8ccccc87)cc6)ccc4-5)cc3)n2)cc1. The Morgan fingerprint density at radius 1 is 0.293 bits per heavy atom. The molecule has 4 heterocycles. The van der Waals surface area contributed by atoms with Crippen LogP contribution in [0, 0.1) is 0 Å². The zero-order valence-corrected chi connectivity index (χ0v) is 40.7. The molecule has 0 saturated heterocycles. The Labute approximate surface area is 435 Å². The highest BCUT2D eigenvalue weighted by Gasteiger charge is 2.54. The van der Waals surface area contributed by atoms with Crippen molar-refractivity contribution in [3.63, 3.8) is 0 Å². The maximum atomic E-state index is 5.05. The number of hydrogen-bond donors (Lipinski definition) is 0. The van der Waals surface area contributed by atoms with Crippen molar-refractivity contribution in [2.75, 3.05) is 0 Å². The molecule has 2 aromatic heterocycles. The van der Waals surface area contributed by atoms with Crippen LogP contribution in [0.15, 0.2) is 261 Å². The monoisotopic (exact) mass is 950 g/mol. The molecule has 4 nitrogen and oxygen atoms in total. The van der Waals surface area contributed by atoms with Gasteiger partial charge in [-0.3, -0.25) is 0 Å². The predicted octanol–water partition coefficient (Wildman–Crippen LogP) is 14.5. The van der Waals surface area contributed by atoms with Crippen LogP contribution >= 0.6 is 0 Å². The molecule has 0 radical (unpaired) electrons. The number of nitrogens with zero attached hydrogens (tertiary/aromatic N) is 4. The molecule has 5 heteroatoms. The summed E-state index contributed by atoms with van der Waals surface area (Å²) in [6, 6.07) is 95.6. The molecule has 0 saturated carbocycles. The molecule has 1 unspecified atom stereocenters. The normalized spacial score (nSPS) is 14.4. The topological polar surface area (TPSA) is 43.6 Å². The number of benzene rings is 11. The van der Waals surface area contributed by atoms with E-state index in [0.29, 0.717) is 17.5 Å². The summed E-state index contributed by atoms with van der Waals surface area (Å²) in [5.41, 5.74) is 25.2. The minimum absolute atomic E-state index is 0.147. The molecule has 1 atom stereocenters. The van der Waals surface area contributed by atoms with E-state index in [4.69, 9.17) is 15.0 Å². The van der Waals surface area contributed by atoms with Crippen molar-refractivity contribution in [2.45, 2.75) is 5.41 Å². The summed E-state index contributed by atoms with van der Waals surface area (Å²) in [4.78, 5) is 15.0. The smallest absolute Gasteiger partial charge is 0.243 e. The molecule has 0 amide bonds. The van der Waals surface area contributed by atoms with Gasteiger partial charge in [-0.2, -0.15) is 0 Å². The lowest BCUT2D eigenvalue weighted by molar-refractivity contribution is 0.776. The van der Waals surface area contributed by atoms with E-state index in [-0.39, 0.29) is 6.71 Å². The third kappa shape index (κ3) is 6.10. The van der Waals surface area contributed by atoms with Gasteiger partial charge in [0, 0.05) is 33.2 Å². The van der Waals surface area contributed by atoms with Crippen molar-refractivity contribution in [3.8, 4) is 84.4 Å². The zero-order chi connectivity index (χ0) is 49.2. The van der Waals surface area contributed by atoms with Gasteiger partial charge in [-0.05, 0) is 103 Å².